The lowest BCUT2D eigenvalue weighted by Crippen LogP contribution is -1.92. The number of hydrogen-bond acceptors (Lipinski definition) is 2. The van der Waals surface area contributed by atoms with Gasteiger partial charge in [-0.05, 0) is 130 Å². The Kier molecular flexibility index (Phi) is 6.66. The lowest BCUT2D eigenvalue weighted by molar-refractivity contribution is 0.669. The van der Waals surface area contributed by atoms with Crippen molar-refractivity contribution in [1.29, 1.82) is 0 Å². The number of fused-ring (bicyclic) bond motifs is 11. The van der Waals surface area contributed by atoms with Crippen molar-refractivity contribution in [3.05, 3.63) is 194 Å². The zero-order valence-electron chi connectivity index (χ0n) is 31.3. The topological polar surface area (TPSA) is 13.1 Å². The summed E-state index contributed by atoms with van der Waals surface area (Å²) in [6.45, 7) is 0. The molecule has 0 atom stereocenters. The van der Waals surface area contributed by atoms with Gasteiger partial charge in [-0.2, -0.15) is 0 Å². The Labute approximate surface area is 337 Å². The van der Waals surface area contributed by atoms with Crippen LogP contribution in [0.2, 0.25) is 0 Å². The predicted octanol–water partition coefficient (Wildman–Crippen LogP) is 16.7. The Bertz CT molecular complexity index is 3810. The van der Waals surface area contributed by atoms with E-state index in [-0.39, 0.29) is 0 Å². The van der Waals surface area contributed by atoms with Crippen LogP contribution in [0.25, 0.3) is 129 Å². The second-order valence-electron chi connectivity index (χ2n) is 15.6. The van der Waals surface area contributed by atoms with Crippen molar-refractivity contribution in [2.24, 2.45) is 0 Å². The van der Waals surface area contributed by atoms with E-state index in [2.05, 4.69) is 188 Å². The van der Waals surface area contributed by atoms with Crippen LogP contribution in [0.3, 0.4) is 0 Å². The highest BCUT2D eigenvalue weighted by atomic mass is 32.1. The molecule has 0 aliphatic carbocycles. The van der Waals surface area contributed by atoms with E-state index in [0.717, 1.165) is 11.2 Å². The third kappa shape index (κ3) is 4.64. The lowest BCUT2D eigenvalue weighted by atomic mass is 9.83. The first kappa shape index (κ1) is 31.9. The van der Waals surface area contributed by atoms with Crippen molar-refractivity contribution in [3.8, 4) is 33.4 Å². The number of thiophene rings is 1. The minimum Gasteiger partial charge on any atom is -0.456 e. The van der Waals surface area contributed by atoms with Crippen LogP contribution in [0, 0.1) is 0 Å². The molecule has 0 amide bonds. The maximum absolute atomic E-state index is 6.26. The van der Waals surface area contributed by atoms with Gasteiger partial charge in [0.1, 0.15) is 11.2 Å². The van der Waals surface area contributed by atoms with Crippen LogP contribution in [-0.4, -0.2) is 0 Å². The van der Waals surface area contributed by atoms with Gasteiger partial charge in [-0.3, -0.25) is 0 Å². The fourth-order valence-corrected chi connectivity index (χ4v) is 10.9. The van der Waals surface area contributed by atoms with E-state index in [1.165, 1.54) is 118 Å². The van der Waals surface area contributed by atoms with E-state index in [9.17, 15) is 0 Å². The summed E-state index contributed by atoms with van der Waals surface area (Å²) in [6.07, 6.45) is 0. The van der Waals surface area contributed by atoms with Gasteiger partial charge in [0.2, 0.25) is 0 Å². The molecule has 0 fully saturated rings. The summed E-state index contributed by atoms with van der Waals surface area (Å²) in [5.74, 6) is 0. The molecule has 0 bridgehead atoms. The summed E-state index contributed by atoms with van der Waals surface area (Å²) in [7, 11) is 0. The molecular weight excluding hydrogens is 721 g/mol. The van der Waals surface area contributed by atoms with Gasteiger partial charge < -0.3 is 4.42 Å². The molecule has 13 rings (SSSR count). The molecule has 0 N–H and O–H groups in total. The van der Waals surface area contributed by atoms with E-state index in [4.69, 9.17) is 4.42 Å². The SMILES string of the molecule is c1ccc2cc(-c3c4ccccc4c(-c4ccc(-c5ccc6cc7c(cc6c5)sc5cc6oc8ccccc8c6cc57)c5ccccc45)c4ccccc34)ccc2c1. The predicted molar refractivity (Wildman–Crippen MR) is 250 cm³/mol. The van der Waals surface area contributed by atoms with E-state index in [0.29, 0.717) is 0 Å². The van der Waals surface area contributed by atoms with Crippen LogP contribution in [0.5, 0.6) is 0 Å². The van der Waals surface area contributed by atoms with Crippen LogP contribution in [0.15, 0.2) is 199 Å². The number of rotatable bonds is 3. The molecule has 58 heavy (non-hydrogen) atoms. The maximum atomic E-state index is 6.26. The summed E-state index contributed by atoms with van der Waals surface area (Å²) in [5.41, 5.74) is 9.41. The summed E-state index contributed by atoms with van der Waals surface area (Å²) in [4.78, 5) is 0. The molecule has 2 aromatic heterocycles. The average Bonchev–Trinajstić information content (AvgIpc) is 3.82. The first-order valence-corrected chi connectivity index (χ1v) is 20.7. The first-order chi connectivity index (χ1) is 28.7. The van der Waals surface area contributed by atoms with Gasteiger partial charge in [-0.1, -0.05) is 152 Å². The molecule has 268 valence electrons. The summed E-state index contributed by atoms with van der Waals surface area (Å²) in [6, 6.07) is 71.8. The molecule has 0 spiro atoms. The summed E-state index contributed by atoms with van der Waals surface area (Å²) < 4.78 is 8.80. The smallest absolute Gasteiger partial charge is 0.136 e. The number of furan rings is 1. The monoisotopic (exact) mass is 752 g/mol. The molecule has 0 unspecified atom stereocenters. The Balaban J connectivity index is 0.987. The molecule has 11 aromatic carbocycles. The normalized spacial score (nSPS) is 12.1. The average molecular weight is 753 g/mol. The number of hydrogen-bond donors (Lipinski definition) is 0. The van der Waals surface area contributed by atoms with E-state index in [1.54, 1.807) is 0 Å². The van der Waals surface area contributed by atoms with Crippen molar-refractivity contribution in [1.82, 2.24) is 0 Å². The number of para-hydroxylation sites is 1. The molecule has 0 saturated heterocycles. The van der Waals surface area contributed by atoms with Crippen LogP contribution in [0.4, 0.5) is 0 Å². The van der Waals surface area contributed by atoms with Gasteiger partial charge in [0, 0.05) is 30.9 Å². The highest BCUT2D eigenvalue weighted by molar-refractivity contribution is 7.26. The second-order valence-corrected chi connectivity index (χ2v) is 16.6. The highest BCUT2D eigenvalue weighted by Gasteiger charge is 2.20. The van der Waals surface area contributed by atoms with E-state index < -0.39 is 0 Å². The third-order valence-corrected chi connectivity index (χ3v) is 13.5. The molecule has 0 aliphatic rings. The fraction of sp³-hybridized carbons (Fsp3) is 0. The molecule has 1 nitrogen and oxygen atoms in total. The van der Waals surface area contributed by atoms with Gasteiger partial charge in [0.05, 0.1) is 0 Å². The first-order valence-electron chi connectivity index (χ1n) is 19.9. The zero-order chi connectivity index (χ0) is 37.9. The minimum atomic E-state index is 0.939. The fourth-order valence-electron chi connectivity index (χ4n) is 9.75. The maximum Gasteiger partial charge on any atom is 0.136 e. The molecule has 2 heterocycles. The minimum absolute atomic E-state index is 0.939. The Morgan fingerprint density at radius 2 is 0.810 bits per heavy atom. The molecule has 13 aromatic rings. The molecule has 2 heteroatoms. The Hall–Kier alpha value is -7.26. The van der Waals surface area contributed by atoms with Crippen LogP contribution < -0.4 is 0 Å². The Morgan fingerprint density at radius 3 is 1.59 bits per heavy atom. The van der Waals surface area contributed by atoms with Crippen molar-refractivity contribution in [2.75, 3.05) is 0 Å². The van der Waals surface area contributed by atoms with Crippen molar-refractivity contribution < 1.29 is 4.42 Å². The third-order valence-electron chi connectivity index (χ3n) is 12.4. The van der Waals surface area contributed by atoms with Crippen LogP contribution in [-0.2, 0) is 0 Å². The van der Waals surface area contributed by atoms with Crippen molar-refractivity contribution in [2.45, 2.75) is 0 Å². The quantitative estimate of drug-likeness (QED) is 0.164. The van der Waals surface area contributed by atoms with Crippen molar-refractivity contribution in [3.63, 3.8) is 0 Å². The van der Waals surface area contributed by atoms with Gasteiger partial charge in [-0.25, -0.2) is 0 Å². The van der Waals surface area contributed by atoms with Gasteiger partial charge >= 0.3 is 0 Å². The van der Waals surface area contributed by atoms with E-state index >= 15 is 0 Å². The standard InChI is InChI=1S/C56H32OS/c1-2-12-34-27-37(24-21-33(34)11-1)55-43-16-5-7-18-45(43)56(46-19-8-6-17-44(46)55)47-26-25-39(40-13-3-4-14-41(40)47)36-23-22-35-29-49-50-31-48-42-15-9-10-20-51(42)57-52(48)32-54(50)58-53(49)30-38(35)28-36/h1-32H. The van der Waals surface area contributed by atoms with Gasteiger partial charge in [0.15, 0.2) is 0 Å². The summed E-state index contributed by atoms with van der Waals surface area (Å²) in [5, 5.41) is 17.5. The van der Waals surface area contributed by atoms with Gasteiger partial charge in [0.25, 0.3) is 0 Å². The van der Waals surface area contributed by atoms with Crippen LogP contribution >= 0.6 is 11.3 Å². The largest absolute Gasteiger partial charge is 0.456 e. The molecule has 0 radical (unpaired) electrons. The summed E-state index contributed by atoms with van der Waals surface area (Å²) >= 11 is 1.85. The molecule has 0 aliphatic heterocycles. The number of benzene rings is 11. The highest BCUT2D eigenvalue weighted by Crippen LogP contribution is 2.47. The molecular formula is C56H32OS. The lowest BCUT2D eigenvalue weighted by Gasteiger charge is -2.20. The zero-order valence-corrected chi connectivity index (χ0v) is 32.1. The van der Waals surface area contributed by atoms with E-state index in [1.807, 2.05) is 17.4 Å². The van der Waals surface area contributed by atoms with Gasteiger partial charge in [-0.15, -0.1) is 11.3 Å². The van der Waals surface area contributed by atoms with Crippen molar-refractivity contribution >= 4 is 107 Å². The van der Waals surface area contributed by atoms with Crippen LogP contribution in [0.1, 0.15) is 0 Å². The second kappa shape index (κ2) is 12.1. The molecule has 0 saturated carbocycles. The Morgan fingerprint density at radius 1 is 0.276 bits per heavy atom.